The first-order valence-corrected chi connectivity index (χ1v) is 8.10. The lowest BCUT2D eigenvalue weighted by atomic mass is 10.0. The summed E-state index contributed by atoms with van der Waals surface area (Å²) in [4.78, 5) is 2.63. The average molecular weight is 312 g/mol. The molecular weight excluding hydrogens is 293 g/mol. The summed E-state index contributed by atoms with van der Waals surface area (Å²) in [5.74, 6) is -0.313. The summed E-state index contributed by atoms with van der Waals surface area (Å²) < 4.78 is 14.2. The van der Waals surface area contributed by atoms with Crippen LogP contribution in [0, 0.1) is 5.82 Å². The molecule has 4 heteroatoms. The summed E-state index contributed by atoms with van der Waals surface area (Å²) in [6, 6.07) is 9.44. The van der Waals surface area contributed by atoms with E-state index in [9.17, 15) is 4.39 Å². The van der Waals surface area contributed by atoms with Gasteiger partial charge in [-0.05, 0) is 31.2 Å². The highest BCUT2D eigenvalue weighted by Gasteiger charge is 2.18. The van der Waals surface area contributed by atoms with Crippen molar-refractivity contribution < 1.29 is 4.39 Å². The van der Waals surface area contributed by atoms with Crippen LogP contribution in [0.2, 0.25) is 5.02 Å². The molecule has 108 valence electrons. The summed E-state index contributed by atoms with van der Waals surface area (Å²) >= 11 is 7.68. The number of benzene rings is 1. The van der Waals surface area contributed by atoms with E-state index in [1.807, 2.05) is 13.0 Å². The zero-order valence-corrected chi connectivity index (χ0v) is 13.3. The molecule has 1 nitrogen and oxygen atoms in total. The minimum atomic E-state index is -0.313. The van der Waals surface area contributed by atoms with Crippen LogP contribution in [-0.2, 0) is 12.8 Å². The molecule has 0 aliphatic rings. The molecule has 20 heavy (non-hydrogen) atoms. The second-order valence-corrected chi connectivity index (χ2v) is 6.34. The Morgan fingerprint density at radius 2 is 1.95 bits per heavy atom. The van der Waals surface area contributed by atoms with Crippen molar-refractivity contribution >= 4 is 22.9 Å². The molecule has 1 atom stereocenters. The Labute approximate surface area is 128 Å². The predicted octanol–water partition coefficient (Wildman–Crippen LogP) is 5.00. The minimum Gasteiger partial charge on any atom is -0.310 e. The highest BCUT2D eigenvalue weighted by molar-refractivity contribution is 7.11. The van der Waals surface area contributed by atoms with Gasteiger partial charge in [0, 0.05) is 27.8 Å². The number of halogens is 2. The fourth-order valence-corrected chi connectivity index (χ4v) is 3.44. The van der Waals surface area contributed by atoms with E-state index in [1.165, 1.54) is 9.75 Å². The lowest BCUT2D eigenvalue weighted by Crippen LogP contribution is -2.23. The van der Waals surface area contributed by atoms with Crippen molar-refractivity contribution in [2.75, 3.05) is 6.54 Å². The SMILES string of the molecule is CCNC(Cc1ccc(CC)s1)c1cccc(Cl)c1F. The zero-order chi connectivity index (χ0) is 14.5. The first-order chi connectivity index (χ1) is 9.65. The van der Waals surface area contributed by atoms with Crippen molar-refractivity contribution in [1.29, 1.82) is 0 Å². The average Bonchev–Trinajstić information content (AvgIpc) is 2.89. The number of hydrogen-bond acceptors (Lipinski definition) is 2. The van der Waals surface area contributed by atoms with Gasteiger partial charge in [-0.1, -0.05) is 37.6 Å². The molecule has 1 unspecified atom stereocenters. The van der Waals surface area contributed by atoms with E-state index in [1.54, 1.807) is 23.5 Å². The third kappa shape index (κ3) is 3.60. The zero-order valence-electron chi connectivity index (χ0n) is 11.7. The van der Waals surface area contributed by atoms with E-state index in [0.29, 0.717) is 5.56 Å². The van der Waals surface area contributed by atoms with E-state index in [0.717, 1.165) is 19.4 Å². The first kappa shape index (κ1) is 15.5. The molecule has 0 spiro atoms. The van der Waals surface area contributed by atoms with Gasteiger partial charge in [0.1, 0.15) is 5.82 Å². The highest BCUT2D eigenvalue weighted by atomic mass is 35.5. The number of nitrogens with one attached hydrogen (secondary N) is 1. The maximum Gasteiger partial charge on any atom is 0.146 e. The normalized spacial score (nSPS) is 12.6. The number of rotatable bonds is 6. The van der Waals surface area contributed by atoms with Crippen LogP contribution in [0.15, 0.2) is 30.3 Å². The van der Waals surface area contributed by atoms with E-state index < -0.39 is 0 Å². The topological polar surface area (TPSA) is 12.0 Å². The van der Waals surface area contributed by atoms with Crippen molar-refractivity contribution in [3.05, 3.63) is 56.5 Å². The molecule has 0 aliphatic heterocycles. The standard InChI is InChI=1S/C16H19ClFNS/c1-3-11-8-9-12(20-11)10-15(19-4-2)13-6-5-7-14(17)16(13)18/h5-9,15,19H,3-4,10H2,1-2H3. The van der Waals surface area contributed by atoms with Crippen LogP contribution in [0.5, 0.6) is 0 Å². The van der Waals surface area contributed by atoms with Gasteiger partial charge < -0.3 is 5.32 Å². The fourth-order valence-electron chi connectivity index (χ4n) is 2.25. The van der Waals surface area contributed by atoms with Crippen LogP contribution < -0.4 is 5.32 Å². The lowest BCUT2D eigenvalue weighted by molar-refractivity contribution is 0.512. The van der Waals surface area contributed by atoms with Crippen LogP contribution in [0.25, 0.3) is 0 Å². The molecule has 0 aliphatic carbocycles. The van der Waals surface area contributed by atoms with Crippen molar-refractivity contribution in [2.45, 2.75) is 32.7 Å². The van der Waals surface area contributed by atoms with Gasteiger partial charge in [0.05, 0.1) is 5.02 Å². The molecule has 0 fully saturated rings. The molecule has 2 aromatic rings. The van der Waals surface area contributed by atoms with Crippen LogP contribution in [0.1, 0.15) is 35.2 Å². The summed E-state index contributed by atoms with van der Waals surface area (Å²) in [5, 5.41) is 3.54. The quantitative estimate of drug-likeness (QED) is 0.792. The molecule has 0 saturated heterocycles. The fraction of sp³-hybridized carbons (Fsp3) is 0.375. The summed E-state index contributed by atoms with van der Waals surface area (Å²) in [6.07, 6.45) is 1.83. The Balaban J connectivity index is 2.24. The van der Waals surface area contributed by atoms with E-state index >= 15 is 0 Å². The Kier molecular flexibility index (Phi) is 5.58. The maximum atomic E-state index is 14.2. The van der Waals surface area contributed by atoms with Crippen molar-refractivity contribution in [1.82, 2.24) is 5.32 Å². The second-order valence-electron chi connectivity index (χ2n) is 4.68. The maximum absolute atomic E-state index is 14.2. The van der Waals surface area contributed by atoms with Crippen molar-refractivity contribution in [3.8, 4) is 0 Å². The van der Waals surface area contributed by atoms with E-state index in [4.69, 9.17) is 11.6 Å². The molecule has 2 rings (SSSR count). The minimum absolute atomic E-state index is 0.0398. The third-order valence-electron chi connectivity index (χ3n) is 3.28. The number of thiophene rings is 1. The van der Waals surface area contributed by atoms with Crippen molar-refractivity contribution in [3.63, 3.8) is 0 Å². The Morgan fingerprint density at radius 1 is 1.20 bits per heavy atom. The molecule has 1 aromatic carbocycles. The van der Waals surface area contributed by atoms with Crippen LogP contribution in [0.4, 0.5) is 4.39 Å². The van der Waals surface area contributed by atoms with Crippen molar-refractivity contribution in [2.24, 2.45) is 0 Å². The molecule has 0 bridgehead atoms. The van der Waals surface area contributed by atoms with Gasteiger partial charge in [-0.2, -0.15) is 0 Å². The Hall–Kier alpha value is -0.900. The van der Waals surface area contributed by atoms with Gasteiger partial charge in [0.15, 0.2) is 0 Å². The molecule has 0 amide bonds. The van der Waals surface area contributed by atoms with Gasteiger partial charge in [-0.15, -0.1) is 11.3 Å². The lowest BCUT2D eigenvalue weighted by Gasteiger charge is -2.18. The summed E-state index contributed by atoms with van der Waals surface area (Å²) in [5.41, 5.74) is 0.644. The highest BCUT2D eigenvalue weighted by Crippen LogP contribution is 2.28. The third-order valence-corrected chi connectivity index (χ3v) is 4.82. The monoisotopic (exact) mass is 311 g/mol. The van der Waals surface area contributed by atoms with Gasteiger partial charge >= 0.3 is 0 Å². The first-order valence-electron chi connectivity index (χ1n) is 6.90. The van der Waals surface area contributed by atoms with Gasteiger partial charge in [-0.25, -0.2) is 4.39 Å². The molecular formula is C16H19ClFNS. The predicted molar refractivity (Wildman–Crippen MR) is 85.2 cm³/mol. The van der Waals surface area contributed by atoms with Crippen LogP contribution in [-0.4, -0.2) is 6.54 Å². The second kappa shape index (κ2) is 7.21. The molecule has 0 saturated carbocycles. The number of likely N-dealkylation sites (N-methyl/N-ethyl adjacent to an activating group) is 1. The Bertz CT molecular complexity index is 567. The van der Waals surface area contributed by atoms with E-state index in [2.05, 4.69) is 24.4 Å². The van der Waals surface area contributed by atoms with Gasteiger partial charge in [0.2, 0.25) is 0 Å². The Morgan fingerprint density at radius 3 is 2.60 bits per heavy atom. The summed E-state index contributed by atoms with van der Waals surface area (Å²) in [6.45, 7) is 4.97. The molecule has 1 heterocycles. The van der Waals surface area contributed by atoms with Gasteiger partial charge in [-0.3, -0.25) is 0 Å². The van der Waals surface area contributed by atoms with Crippen LogP contribution in [0.3, 0.4) is 0 Å². The molecule has 0 radical (unpaired) electrons. The number of aryl methyl sites for hydroxylation is 1. The van der Waals surface area contributed by atoms with E-state index in [-0.39, 0.29) is 16.9 Å². The van der Waals surface area contributed by atoms with Gasteiger partial charge in [0.25, 0.3) is 0 Å². The smallest absolute Gasteiger partial charge is 0.146 e. The number of hydrogen-bond donors (Lipinski definition) is 1. The molecule has 1 aromatic heterocycles. The van der Waals surface area contributed by atoms with Crippen LogP contribution >= 0.6 is 22.9 Å². The molecule has 1 N–H and O–H groups in total. The largest absolute Gasteiger partial charge is 0.310 e. The summed E-state index contributed by atoms with van der Waals surface area (Å²) in [7, 11) is 0.